The minimum Gasteiger partial charge on any atom is -0.365 e. The lowest BCUT2D eigenvalue weighted by Gasteiger charge is -2.46. The average Bonchev–Trinajstić information content (AvgIpc) is 2.73. The van der Waals surface area contributed by atoms with Gasteiger partial charge in [-0.15, -0.1) is 0 Å². The van der Waals surface area contributed by atoms with Crippen LogP contribution >= 0.6 is 0 Å². The number of hydrogen-bond acceptors (Lipinski definition) is 5. The van der Waals surface area contributed by atoms with Crippen molar-refractivity contribution < 1.29 is 13.2 Å². The molecule has 1 fully saturated rings. The Morgan fingerprint density at radius 3 is 2.47 bits per heavy atom. The summed E-state index contributed by atoms with van der Waals surface area (Å²) in [7, 11) is -1.58. The van der Waals surface area contributed by atoms with Crippen LogP contribution in [0.5, 0.6) is 0 Å². The topological polar surface area (TPSA) is 81.8 Å². The van der Waals surface area contributed by atoms with Crippen LogP contribution in [0.4, 0.5) is 5.69 Å². The molecule has 158 valence electrons. The molecule has 1 unspecified atom stereocenters. The molecule has 2 aromatic rings. The van der Waals surface area contributed by atoms with E-state index in [4.69, 9.17) is 0 Å². The predicted octanol–water partition coefficient (Wildman–Crippen LogP) is 1.77. The molecular formula is C22H26N4O3S. The Morgan fingerprint density at radius 1 is 1.03 bits per heavy atom. The second-order valence-electron chi connectivity index (χ2n) is 8.54. The van der Waals surface area contributed by atoms with E-state index >= 15 is 0 Å². The van der Waals surface area contributed by atoms with E-state index in [9.17, 15) is 13.2 Å². The molecule has 3 aliphatic rings. The summed E-state index contributed by atoms with van der Waals surface area (Å²) in [6.45, 7) is 1.80. The summed E-state index contributed by atoms with van der Waals surface area (Å²) in [5, 5.41) is 3.39. The fourth-order valence-electron chi connectivity index (χ4n) is 4.88. The zero-order valence-corrected chi connectivity index (χ0v) is 17.8. The van der Waals surface area contributed by atoms with E-state index < -0.39 is 15.7 Å². The largest absolute Gasteiger partial charge is 0.365 e. The number of sulfonamides is 1. The number of piperidine rings is 1. The van der Waals surface area contributed by atoms with Gasteiger partial charge in [0.1, 0.15) is 10.6 Å². The van der Waals surface area contributed by atoms with Crippen molar-refractivity contribution in [3.8, 4) is 0 Å². The van der Waals surface area contributed by atoms with Crippen molar-refractivity contribution in [2.24, 2.45) is 0 Å². The third-order valence-electron chi connectivity index (χ3n) is 6.58. The third kappa shape index (κ3) is 3.29. The molecule has 8 heteroatoms. The van der Waals surface area contributed by atoms with Gasteiger partial charge in [-0.2, -0.15) is 4.72 Å². The zero-order chi connectivity index (χ0) is 20.9. The van der Waals surface area contributed by atoms with E-state index in [-0.39, 0.29) is 16.8 Å². The number of carbonyl (C=O) groups excluding carboxylic acids is 1. The molecule has 1 spiro atoms. The number of rotatable bonds is 1. The van der Waals surface area contributed by atoms with Crippen molar-refractivity contribution in [2.75, 3.05) is 25.5 Å². The first-order valence-electron chi connectivity index (χ1n) is 10.3. The maximum Gasteiger partial charge on any atom is 0.244 e. The molecule has 3 aliphatic heterocycles. The van der Waals surface area contributed by atoms with Crippen molar-refractivity contribution in [2.45, 2.75) is 42.4 Å². The van der Waals surface area contributed by atoms with E-state index in [0.717, 1.165) is 6.54 Å². The highest BCUT2D eigenvalue weighted by Crippen LogP contribution is 2.35. The molecule has 0 radical (unpaired) electrons. The van der Waals surface area contributed by atoms with Gasteiger partial charge in [0.15, 0.2) is 0 Å². The Hall–Kier alpha value is -2.42. The summed E-state index contributed by atoms with van der Waals surface area (Å²) in [5.41, 5.74) is 2.40. The molecule has 2 aromatic carbocycles. The van der Waals surface area contributed by atoms with Crippen LogP contribution in [0.15, 0.2) is 53.4 Å². The Bertz CT molecular complexity index is 1090. The van der Waals surface area contributed by atoms with Gasteiger partial charge in [-0.1, -0.05) is 36.4 Å². The molecule has 0 saturated carbocycles. The fourth-order valence-corrected chi connectivity index (χ4v) is 6.42. The molecule has 0 aliphatic carbocycles. The molecule has 1 saturated heterocycles. The number of carbonyl (C=O) groups is 1. The number of benzene rings is 2. The summed E-state index contributed by atoms with van der Waals surface area (Å²) in [6, 6.07) is 15.1. The molecule has 7 nitrogen and oxygen atoms in total. The molecule has 1 atom stereocenters. The van der Waals surface area contributed by atoms with E-state index in [1.807, 2.05) is 30.1 Å². The van der Waals surface area contributed by atoms with E-state index in [2.05, 4.69) is 27.1 Å². The molecule has 2 N–H and O–H groups in total. The maximum atomic E-state index is 13.3. The second-order valence-corrected chi connectivity index (χ2v) is 10.2. The number of amides is 1. The van der Waals surface area contributed by atoms with Gasteiger partial charge in [0.05, 0.1) is 11.7 Å². The first kappa shape index (κ1) is 19.5. The normalized spacial score (nSPS) is 24.6. The smallest absolute Gasteiger partial charge is 0.244 e. The minimum atomic E-state index is -3.57. The van der Waals surface area contributed by atoms with Crippen LogP contribution < -0.4 is 10.0 Å². The van der Waals surface area contributed by atoms with E-state index in [1.165, 1.54) is 11.1 Å². The number of nitrogens with zero attached hydrogens (tertiary/aromatic N) is 2. The molecule has 0 aromatic heterocycles. The average molecular weight is 427 g/mol. The quantitative estimate of drug-likeness (QED) is 0.726. The number of nitrogens with one attached hydrogen (secondary N) is 2. The summed E-state index contributed by atoms with van der Waals surface area (Å²) in [4.78, 5) is 17.6. The van der Waals surface area contributed by atoms with Crippen molar-refractivity contribution >= 4 is 21.6 Å². The Labute approximate surface area is 177 Å². The van der Waals surface area contributed by atoms with Gasteiger partial charge in [-0.05, 0) is 36.7 Å². The zero-order valence-electron chi connectivity index (χ0n) is 17.0. The lowest BCUT2D eigenvalue weighted by atomic mass is 9.92. The standard InChI is InChI=1S/C22H26N4O3S/c1-25-15-17-7-3-2-6-16(17)14-19(25)21(27)26-12-10-22(11-13-26)23-18-8-4-5-9-20(18)30(28,29)24-22/h2-9,19,23-24H,10-15H2,1H3. The maximum absolute atomic E-state index is 13.3. The summed E-state index contributed by atoms with van der Waals surface area (Å²) >= 11 is 0. The van der Waals surface area contributed by atoms with Crippen LogP contribution in [0.2, 0.25) is 0 Å². The van der Waals surface area contributed by atoms with Gasteiger partial charge >= 0.3 is 0 Å². The highest BCUT2D eigenvalue weighted by Gasteiger charge is 2.44. The van der Waals surface area contributed by atoms with Crippen LogP contribution in [0.25, 0.3) is 0 Å². The van der Waals surface area contributed by atoms with Gasteiger partial charge in [0, 0.05) is 32.5 Å². The van der Waals surface area contributed by atoms with Gasteiger partial charge in [-0.3, -0.25) is 9.69 Å². The highest BCUT2D eigenvalue weighted by molar-refractivity contribution is 7.89. The second kappa shape index (κ2) is 7.08. The van der Waals surface area contributed by atoms with Gasteiger partial charge in [0.25, 0.3) is 0 Å². The summed E-state index contributed by atoms with van der Waals surface area (Å²) in [6.07, 6.45) is 1.77. The molecule has 5 rings (SSSR count). The Morgan fingerprint density at radius 2 is 1.70 bits per heavy atom. The van der Waals surface area contributed by atoms with Crippen LogP contribution in [0.3, 0.4) is 0 Å². The first-order valence-corrected chi connectivity index (χ1v) is 11.8. The summed E-state index contributed by atoms with van der Waals surface area (Å²) in [5.74, 6) is 0.126. The predicted molar refractivity (Wildman–Crippen MR) is 114 cm³/mol. The highest BCUT2D eigenvalue weighted by atomic mass is 32.2. The van der Waals surface area contributed by atoms with Gasteiger partial charge in [-0.25, -0.2) is 8.42 Å². The van der Waals surface area contributed by atoms with Crippen LogP contribution in [-0.4, -0.2) is 56.0 Å². The monoisotopic (exact) mass is 426 g/mol. The van der Waals surface area contributed by atoms with Crippen LogP contribution in [0, 0.1) is 0 Å². The van der Waals surface area contributed by atoms with E-state index in [0.29, 0.717) is 38.0 Å². The van der Waals surface area contributed by atoms with Gasteiger partial charge < -0.3 is 10.2 Å². The molecule has 30 heavy (non-hydrogen) atoms. The molecular weight excluding hydrogens is 400 g/mol. The number of anilines is 1. The Balaban J connectivity index is 1.30. The number of para-hydroxylation sites is 1. The minimum absolute atomic E-state index is 0.126. The number of likely N-dealkylation sites (tertiary alicyclic amines) is 1. The SMILES string of the molecule is CN1Cc2ccccc2CC1C(=O)N1CCC2(CC1)Nc1ccccc1S(=O)(=O)N2. The fraction of sp³-hybridized carbons (Fsp3) is 0.409. The molecule has 0 bridgehead atoms. The van der Waals surface area contributed by atoms with Crippen molar-refractivity contribution in [1.82, 2.24) is 14.5 Å². The Kier molecular flexibility index (Phi) is 4.61. The first-order chi connectivity index (χ1) is 14.4. The lowest BCUT2D eigenvalue weighted by molar-refractivity contribution is -0.138. The number of fused-ring (bicyclic) bond motifs is 2. The van der Waals surface area contributed by atoms with Crippen molar-refractivity contribution in [1.29, 1.82) is 0 Å². The molecule has 1 amide bonds. The van der Waals surface area contributed by atoms with Crippen LogP contribution in [-0.2, 0) is 27.8 Å². The van der Waals surface area contributed by atoms with Crippen LogP contribution in [0.1, 0.15) is 24.0 Å². The third-order valence-corrected chi connectivity index (χ3v) is 8.17. The number of hydrogen-bond donors (Lipinski definition) is 2. The van der Waals surface area contributed by atoms with Crippen molar-refractivity contribution in [3.05, 3.63) is 59.7 Å². The lowest BCUT2D eigenvalue weighted by Crippen LogP contribution is -2.63. The van der Waals surface area contributed by atoms with Crippen molar-refractivity contribution in [3.63, 3.8) is 0 Å². The number of likely N-dealkylation sites (N-methyl/N-ethyl adjacent to an activating group) is 1. The van der Waals surface area contributed by atoms with E-state index in [1.54, 1.807) is 18.2 Å². The summed E-state index contributed by atoms with van der Waals surface area (Å²) < 4.78 is 28.3. The van der Waals surface area contributed by atoms with Gasteiger partial charge in [0.2, 0.25) is 15.9 Å². The molecule has 3 heterocycles.